The van der Waals surface area contributed by atoms with Gasteiger partial charge < -0.3 is 5.32 Å². The van der Waals surface area contributed by atoms with Crippen LogP contribution in [0, 0.1) is 0 Å². The number of nitrogens with one attached hydrogen (secondary N) is 1. The second-order valence-electron chi connectivity index (χ2n) is 5.84. The van der Waals surface area contributed by atoms with E-state index >= 15 is 0 Å². The van der Waals surface area contributed by atoms with Crippen molar-refractivity contribution in [2.75, 3.05) is 0 Å². The molecule has 0 saturated heterocycles. The number of rotatable bonds is 6. The minimum Gasteiger partial charge on any atom is -0.352 e. The minimum atomic E-state index is 0.00709. The first-order chi connectivity index (χ1) is 12.2. The summed E-state index contributed by atoms with van der Waals surface area (Å²) in [7, 11) is 0. The molecule has 1 aromatic heterocycles. The lowest BCUT2D eigenvalue weighted by atomic mass is 9.88. The Hall–Kier alpha value is -2.65. The van der Waals surface area contributed by atoms with Crippen molar-refractivity contribution in [3.05, 3.63) is 101 Å². The summed E-state index contributed by atoms with van der Waals surface area (Å²) >= 11 is 5.78. The van der Waals surface area contributed by atoms with Crippen LogP contribution in [0.15, 0.2) is 79.0 Å². The number of nitrogens with zero attached hydrogens (tertiary/aromatic N) is 1. The average Bonchev–Trinajstić information content (AvgIpc) is 2.67. The Labute approximate surface area is 152 Å². The van der Waals surface area contributed by atoms with Gasteiger partial charge in [0.1, 0.15) is 5.15 Å². The number of pyridine rings is 1. The van der Waals surface area contributed by atoms with Gasteiger partial charge in [-0.1, -0.05) is 78.3 Å². The first-order valence-electron chi connectivity index (χ1n) is 8.19. The van der Waals surface area contributed by atoms with Crippen LogP contribution in [0.4, 0.5) is 0 Å². The number of carbonyl (C=O) groups excluding carboxylic acids is 1. The SMILES string of the molecule is O=C(CC(c1ccccc1)c1ccccc1)NCc1ccc(Cl)nc1. The predicted molar refractivity (Wildman–Crippen MR) is 100 cm³/mol. The van der Waals surface area contributed by atoms with Crippen LogP contribution in [0.5, 0.6) is 0 Å². The third kappa shape index (κ3) is 4.91. The Morgan fingerprint density at radius 3 is 2.04 bits per heavy atom. The Bertz CT molecular complexity index is 765. The van der Waals surface area contributed by atoms with Gasteiger partial charge in [-0.3, -0.25) is 4.79 Å². The van der Waals surface area contributed by atoms with Crippen LogP contribution in [0.1, 0.15) is 29.0 Å². The van der Waals surface area contributed by atoms with Crippen LogP contribution in [-0.2, 0) is 11.3 Å². The molecule has 3 aromatic rings. The van der Waals surface area contributed by atoms with E-state index in [1.807, 2.05) is 42.5 Å². The highest BCUT2D eigenvalue weighted by atomic mass is 35.5. The van der Waals surface area contributed by atoms with E-state index in [-0.39, 0.29) is 11.8 Å². The molecule has 25 heavy (non-hydrogen) atoms. The van der Waals surface area contributed by atoms with Crippen molar-refractivity contribution in [1.29, 1.82) is 0 Å². The standard InChI is InChI=1S/C21H19ClN2O/c22-20-12-11-16(14-23-20)15-24-21(25)13-19(17-7-3-1-4-8-17)18-9-5-2-6-10-18/h1-12,14,19H,13,15H2,(H,24,25). The van der Waals surface area contributed by atoms with Gasteiger partial charge in [-0.15, -0.1) is 0 Å². The lowest BCUT2D eigenvalue weighted by Gasteiger charge is -2.18. The first-order valence-corrected chi connectivity index (χ1v) is 8.57. The van der Waals surface area contributed by atoms with Crippen molar-refractivity contribution in [3.8, 4) is 0 Å². The summed E-state index contributed by atoms with van der Waals surface area (Å²) in [5.41, 5.74) is 3.20. The van der Waals surface area contributed by atoms with E-state index in [0.29, 0.717) is 18.1 Å². The smallest absolute Gasteiger partial charge is 0.221 e. The quantitative estimate of drug-likeness (QED) is 0.661. The zero-order chi connectivity index (χ0) is 17.5. The van der Waals surface area contributed by atoms with Crippen LogP contribution in [0.3, 0.4) is 0 Å². The molecule has 0 radical (unpaired) electrons. The van der Waals surface area contributed by atoms with Crippen LogP contribution in [0.25, 0.3) is 0 Å². The maximum Gasteiger partial charge on any atom is 0.221 e. The van der Waals surface area contributed by atoms with Crippen LogP contribution >= 0.6 is 11.6 Å². The predicted octanol–water partition coefficient (Wildman–Crippen LogP) is 4.57. The summed E-state index contributed by atoms with van der Waals surface area (Å²) < 4.78 is 0. The Balaban J connectivity index is 1.69. The van der Waals surface area contributed by atoms with E-state index in [4.69, 9.17) is 11.6 Å². The highest BCUT2D eigenvalue weighted by molar-refractivity contribution is 6.29. The second-order valence-corrected chi connectivity index (χ2v) is 6.23. The van der Waals surface area contributed by atoms with Gasteiger partial charge in [-0.2, -0.15) is 0 Å². The molecule has 0 fully saturated rings. The van der Waals surface area contributed by atoms with Crippen LogP contribution in [-0.4, -0.2) is 10.9 Å². The molecule has 0 saturated carbocycles. The summed E-state index contributed by atoms with van der Waals surface area (Å²) in [6.07, 6.45) is 2.07. The third-order valence-corrected chi connectivity index (χ3v) is 4.30. The fraction of sp³-hybridized carbons (Fsp3) is 0.143. The number of hydrogen-bond acceptors (Lipinski definition) is 2. The van der Waals surface area contributed by atoms with Crippen molar-refractivity contribution >= 4 is 17.5 Å². The van der Waals surface area contributed by atoms with Crippen LogP contribution in [0.2, 0.25) is 5.15 Å². The Kier molecular flexibility index (Phi) is 5.81. The Morgan fingerprint density at radius 2 is 1.52 bits per heavy atom. The molecule has 0 atom stereocenters. The fourth-order valence-electron chi connectivity index (χ4n) is 2.77. The first kappa shape index (κ1) is 17.2. The minimum absolute atomic E-state index is 0.00709. The molecule has 0 aliphatic heterocycles. The normalized spacial score (nSPS) is 10.6. The molecular weight excluding hydrogens is 332 g/mol. The number of benzene rings is 2. The van der Waals surface area contributed by atoms with Crippen molar-refractivity contribution in [1.82, 2.24) is 10.3 Å². The zero-order valence-electron chi connectivity index (χ0n) is 13.7. The number of aromatic nitrogens is 1. The van der Waals surface area contributed by atoms with Crippen molar-refractivity contribution in [3.63, 3.8) is 0 Å². The van der Waals surface area contributed by atoms with Gasteiger partial charge in [0.2, 0.25) is 5.91 Å². The molecule has 0 bridgehead atoms. The molecule has 3 nitrogen and oxygen atoms in total. The van der Waals surface area contributed by atoms with Gasteiger partial charge in [0, 0.05) is 25.1 Å². The number of carbonyl (C=O) groups is 1. The number of amides is 1. The molecule has 0 aliphatic rings. The maximum atomic E-state index is 12.5. The molecule has 126 valence electrons. The molecule has 2 aromatic carbocycles. The topological polar surface area (TPSA) is 42.0 Å². The molecule has 0 spiro atoms. The van der Waals surface area contributed by atoms with Crippen molar-refractivity contribution < 1.29 is 4.79 Å². The van der Waals surface area contributed by atoms with E-state index in [0.717, 1.165) is 16.7 Å². The zero-order valence-corrected chi connectivity index (χ0v) is 14.5. The maximum absolute atomic E-state index is 12.5. The molecule has 0 unspecified atom stereocenters. The monoisotopic (exact) mass is 350 g/mol. The highest BCUT2D eigenvalue weighted by Crippen LogP contribution is 2.27. The van der Waals surface area contributed by atoms with Gasteiger partial charge in [0.05, 0.1) is 0 Å². The average molecular weight is 351 g/mol. The lowest BCUT2D eigenvalue weighted by Crippen LogP contribution is -2.25. The number of halogens is 1. The van der Waals surface area contributed by atoms with E-state index in [1.54, 1.807) is 12.3 Å². The molecule has 0 aliphatic carbocycles. The summed E-state index contributed by atoms with van der Waals surface area (Å²) in [6, 6.07) is 23.8. The fourth-order valence-corrected chi connectivity index (χ4v) is 2.88. The third-order valence-electron chi connectivity index (χ3n) is 4.07. The van der Waals surface area contributed by atoms with Crippen molar-refractivity contribution in [2.45, 2.75) is 18.9 Å². The van der Waals surface area contributed by atoms with E-state index in [9.17, 15) is 4.79 Å². The summed E-state index contributed by atoms with van der Waals surface area (Å²) in [5, 5.41) is 3.41. The molecule has 3 rings (SSSR count). The second kappa shape index (κ2) is 8.45. The number of hydrogen-bond donors (Lipinski definition) is 1. The lowest BCUT2D eigenvalue weighted by molar-refractivity contribution is -0.121. The van der Waals surface area contributed by atoms with Gasteiger partial charge >= 0.3 is 0 Å². The summed E-state index contributed by atoms with van der Waals surface area (Å²) in [6.45, 7) is 0.444. The van der Waals surface area contributed by atoms with E-state index < -0.39 is 0 Å². The molecule has 1 amide bonds. The summed E-state index contributed by atoms with van der Waals surface area (Å²) in [4.78, 5) is 16.5. The van der Waals surface area contributed by atoms with E-state index in [1.165, 1.54) is 0 Å². The van der Waals surface area contributed by atoms with Gasteiger partial charge in [-0.05, 0) is 22.8 Å². The molecule has 1 N–H and O–H groups in total. The molecule has 4 heteroatoms. The van der Waals surface area contributed by atoms with Crippen molar-refractivity contribution in [2.24, 2.45) is 0 Å². The largest absolute Gasteiger partial charge is 0.352 e. The van der Waals surface area contributed by atoms with E-state index in [2.05, 4.69) is 34.6 Å². The van der Waals surface area contributed by atoms with Gasteiger partial charge in [0.25, 0.3) is 0 Å². The van der Waals surface area contributed by atoms with Gasteiger partial charge in [0.15, 0.2) is 0 Å². The molecule has 1 heterocycles. The molecular formula is C21H19ClN2O. The van der Waals surface area contributed by atoms with Crippen LogP contribution < -0.4 is 5.32 Å². The Morgan fingerprint density at radius 1 is 0.920 bits per heavy atom. The summed E-state index contributed by atoms with van der Waals surface area (Å²) in [5.74, 6) is 0.0402. The highest BCUT2D eigenvalue weighted by Gasteiger charge is 2.17. The van der Waals surface area contributed by atoms with Gasteiger partial charge in [-0.25, -0.2) is 4.98 Å².